The molecule has 0 aliphatic carbocycles. The molecule has 4 rings (SSSR count). The Morgan fingerprint density at radius 2 is 1.66 bits per heavy atom. The first-order chi connectivity index (χ1) is 19.8. The first kappa shape index (κ1) is 29.3. The minimum absolute atomic E-state index is 0.0734. The lowest BCUT2D eigenvalue weighted by molar-refractivity contribution is -0.115. The van der Waals surface area contributed by atoms with Gasteiger partial charge in [-0.15, -0.1) is 11.8 Å². The molecule has 1 aromatic heterocycles. The number of carbonyl (C=O) groups is 3. The number of hydrogen-bond donors (Lipinski definition) is 3. The van der Waals surface area contributed by atoms with E-state index in [4.69, 9.17) is 0 Å². The zero-order chi connectivity index (χ0) is 29.2. The lowest BCUT2D eigenvalue weighted by Gasteiger charge is -2.16. The molecule has 41 heavy (non-hydrogen) atoms. The molecule has 208 valence electrons. The molecule has 0 spiro atoms. The van der Waals surface area contributed by atoms with Gasteiger partial charge in [0.2, 0.25) is 5.91 Å². The van der Waals surface area contributed by atoms with Crippen LogP contribution in [-0.2, 0) is 16.0 Å². The third-order valence-corrected chi connectivity index (χ3v) is 7.42. The zero-order valence-electron chi connectivity index (χ0n) is 23.2. The number of aromatic nitrogens is 1. The van der Waals surface area contributed by atoms with Gasteiger partial charge in [-0.25, -0.2) is 0 Å². The van der Waals surface area contributed by atoms with Crippen LogP contribution in [0.15, 0.2) is 108 Å². The monoisotopic (exact) mass is 564 g/mol. The Morgan fingerprint density at radius 1 is 0.902 bits per heavy atom. The largest absolute Gasteiger partial charge is 0.325 e. The van der Waals surface area contributed by atoms with Crippen molar-refractivity contribution in [3.05, 3.63) is 125 Å². The van der Waals surface area contributed by atoms with Crippen LogP contribution in [0.4, 0.5) is 11.4 Å². The summed E-state index contributed by atoms with van der Waals surface area (Å²) in [6.07, 6.45) is 5.65. The highest BCUT2D eigenvalue weighted by atomic mass is 32.2. The number of anilines is 2. The Kier molecular flexibility index (Phi) is 10.1. The number of benzene rings is 3. The molecule has 0 bridgehead atoms. The second kappa shape index (κ2) is 14.1. The maximum Gasteiger partial charge on any atom is 0.272 e. The Morgan fingerprint density at radius 3 is 2.34 bits per heavy atom. The lowest BCUT2D eigenvalue weighted by Crippen LogP contribution is -2.30. The van der Waals surface area contributed by atoms with Crippen LogP contribution in [0.2, 0.25) is 0 Å². The van der Waals surface area contributed by atoms with Crippen molar-refractivity contribution in [3.63, 3.8) is 0 Å². The van der Waals surface area contributed by atoms with Gasteiger partial charge in [0.05, 0.1) is 5.25 Å². The van der Waals surface area contributed by atoms with E-state index in [9.17, 15) is 14.4 Å². The van der Waals surface area contributed by atoms with Crippen molar-refractivity contribution in [1.29, 1.82) is 0 Å². The van der Waals surface area contributed by atoms with Gasteiger partial charge in [-0.2, -0.15) is 0 Å². The predicted octanol–water partition coefficient (Wildman–Crippen LogP) is 6.48. The van der Waals surface area contributed by atoms with Crippen LogP contribution in [-0.4, -0.2) is 28.0 Å². The second-order valence-corrected chi connectivity index (χ2v) is 10.8. The second-order valence-electron chi connectivity index (χ2n) is 9.35. The van der Waals surface area contributed by atoms with Crippen molar-refractivity contribution >= 4 is 46.9 Å². The summed E-state index contributed by atoms with van der Waals surface area (Å²) in [6.45, 7) is 5.92. The van der Waals surface area contributed by atoms with Gasteiger partial charge >= 0.3 is 0 Å². The number of nitrogens with zero attached hydrogens (tertiary/aromatic N) is 1. The maximum absolute atomic E-state index is 13.2. The van der Waals surface area contributed by atoms with E-state index in [1.165, 1.54) is 11.8 Å². The van der Waals surface area contributed by atoms with Crippen LogP contribution in [0.1, 0.15) is 40.9 Å². The average molecular weight is 565 g/mol. The molecular formula is C33H32N4O3S. The van der Waals surface area contributed by atoms with E-state index in [1.54, 1.807) is 67.0 Å². The lowest BCUT2D eigenvalue weighted by atomic mass is 10.1. The summed E-state index contributed by atoms with van der Waals surface area (Å²) in [6, 6.07) is 25.5. The van der Waals surface area contributed by atoms with Crippen LogP contribution in [0, 0.1) is 6.92 Å². The van der Waals surface area contributed by atoms with E-state index in [1.807, 2.05) is 50.2 Å². The Bertz CT molecular complexity index is 1540. The highest BCUT2D eigenvalue weighted by molar-refractivity contribution is 8.00. The van der Waals surface area contributed by atoms with E-state index < -0.39 is 11.8 Å². The number of pyridine rings is 1. The molecule has 0 aliphatic rings. The number of aryl methyl sites for hydroxylation is 2. The number of thioether (sulfide) groups is 1. The minimum atomic E-state index is -0.476. The number of amides is 3. The normalized spacial score (nSPS) is 11.8. The van der Waals surface area contributed by atoms with Crippen molar-refractivity contribution in [3.8, 4) is 0 Å². The number of hydrogen-bond acceptors (Lipinski definition) is 5. The van der Waals surface area contributed by atoms with E-state index in [2.05, 4.69) is 27.9 Å². The molecular weight excluding hydrogens is 532 g/mol. The highest BCUT2D eigenvalue weighted by Crippen LogP contribution is 2.27. The first-order valence-corrected chi connectivity index (χ1v) is 14.2. The quantitative estimate of drug-likeness (QED) is 0.151. The van der Waals surface area contributed by atoms with E-state index in [-0.39, 0.29) is 16.9 Å². The van der Waals surface area contributed by atoms with Gasteiger partial charge in [0, 0.05) is 34.2 Å². The molecule has 1 heterocycles. The van der Waals surface area contributed by atoms with Crippen LogP contribution in [0.3, 0.4) is 0 Å². The SMILES string of the molecule is CCc1cccc(C)c1NC(=O)C(C)Sc1ccc(NC(=O)/C(=C/c2cccnc2)NC(=O)c2ccccc2)cc1. The molecule has 0 fully saturated rings. The van der Waals surface area contributed by atoms with Gasteiger partial charge in [0.1, 0.15) is 5.70 Å². The standard InChI is InChI=1S/C33H32N4O3S/c1-4-25-14-8-10-22(2)30(25)37-31(38)23(3)41-28-17-15-27(16-18-28)35-33(40)29(20-24-11-9-19-34-21-24)36-32(39)26-12-6-5-7-13-26/h5-21,23H,4H2,1-3H3,(H,35,40)(H,36,39)(H,37,38)/b29-20-. The van der Waals surface area contributed by atoms with Crippen molar-refractivity contribution in [1.82, 2.24) is 10.3 Å². The molecule has 0 saturated heterocycles. The summed E-state index contributed by atoms with van der Waals surface area (Å²) in [7, 11) is 0. The number of carbonyl (C=O) groups excluding carboxylic acids is 3. The van der Waals surface area contributed by atoms with Gasteiger partial charge in [-0.05, 0) is 85.5 Å². The van der Waals surface area contributed by atoms with E-state index in [0.29, 0.717) is 16.8 Å². The van der Waals surface area contributed by atoms with Crippen LogP contribution < -0.4 is 16.0 Å². The molecule has 3 N–H and O–H groups in total. The molecule has 8 heteroatoms. The van der Waals surface area contributed by atoms with Crippen molar-refractivity contribution in [2.24, 2.45) is 0 Å². The molecule has 4 aromatic rings. The zero-order valence-corrected chi connectivity index (χ0v) is 24.0. The van der Waals surface area contributed by atoms with Crippen molar-refractivity contribution in [2.75, 3.05) is 10.6 Å². The summed E-state index contributed by atoms with van der Waals surface area (Å²) in [5.41, 5.74) is 4.75. The first-order valence-electron chi connectivity index (χ1n) is 13.3. The van der Waals surface area contributed by atoms with Crippen LogP contribution in [0.5, 0.6) is 0 Å². The Labute approximate surface area is 244 Å². The minimum Gasteiger partial charge on any atom is -0.325 e. The molecule has 0 aliphatic heterocycles. The fraction of sp³-hybridized carbons (Fsp3) is 0.152. The third-order valence-electron chi connectivity index (χ3n) is 6.31. The fourth-order valence-corrected chi connectivity index (χ4v) is 4.94. The van der Waals surface area contributed by atoms with Crippen LogP contribution >= 0.6 is 11.8 Å². The summed E-state index contributed by atoms with van der Waals surface area (Å²) < 4.78 is 0. The number of para-hydroxylation sites is 1. The van der Waals surface area contributed by atoms with Gasteiger partial charge in [-0.1, -0.05) is 49.4 Å². The molecule has 1 atom stereocenters. The summed E-state index contributed by atoms with van der Waals surface area (Å²) in [5, 5.41) is 8.31. The van der Waals surface area contributed by atoms with Gasteiger partial charge < -0.3 is 16.0 Å². The summed E-state index contributed by atoms with van der Waals surface area (Å²) >= 11 is 1.43. The average Bonchev–Trinajstić information content (AvgIpc) is 2.99. The molecule has 0 radical (unpaired) electrons. The predicted molar refractivity (Wildman–Crippen MR) is 166 cm³/mol. The van der Waals surface area contributed by atoms with Gasteiger partial charge in [0.25, 0.3) is 11.8 Å². The molecule has 7 nitrogen and oxygen atoms in total. The molecule has 3 amide bonds. The smallest absolute Gasteiger partial charge is 0.272 e. The number of nitrogens with one attached hydrogen (secondary N) is 3. The summed E-state index contributed by atoms with van der Waals surface area (Å²) in [5.74, 6) is -0.946. The fourth-order valence-electron chi connectivity index (χ4n) is 4.07. The van der Waals surface area contributed by atoms with E-state index in [0.717, 1.165) is 28.1 Å². The Balaban J connectivity index is 1.42. The molecule has 3 aromatic carbocycles. The van der Waals surface area contributed by atoms with E-state index >= 15 is 0 Å². The number of rotatable bonds is 10. The van der Waals surface area contributed by atoms with Crippen molar-refractivity contribution in [2.45, 2.75) is 37.3 Å². The highest BCUT2D eigenvalue weighted by Gasteiger charge is 2.18. The molecule has 1 unspecified atom stereocenters. The maximum atomic E-state index is 13.2. The topological polar surface area (TPSA) is 100 Å². The van der Waals surface area contributed by atoms with Crippen LogP contribution in [0.25, 0.3) is 6.08 Å². The Hall–Kier alpha value is -4.69. The summed E-state index contributed by atoms with van der Waals surface area (Å²) in [4.78, 5) is 43.9. The third kappa shape index (κ3) is 8.16. The van der Waals surface area contributed by atoms with Gasteiger partial charge in [-0.3, -0.25) is 19.4 Å². The molecule has 0 saturated carbocycles. The van der Waals surface area contributed by atoms with Gasteiger partial charge in [0.15, 0.2) is 0 Å². The van der Waals surface area contributed by atoms with Crippen molar-refractivity contribution < 1.29 is 14.4 Å².